The van der Waals surface area contributed by atoms with Gasteiger partial charge in [0.05, 0.1) is 34.3 Å². The predicted molar refractivity (Wildman–Crippen MR) is 196 cm³/mol. The molecular weight excluding hydrogens is 745 g/mol. The molecule has 0 fully saturated rings. The zero-order valence-electron chi connectivity index (χ0n) is 28.2. The maximum Gasteiger partial charge on any atom is 0.266 e. The van der Waals surface area contributed by atoms with Crippen LogP contribution in [0.5, 0.6) is 0 Å². The average Bonchev–Trinajstić information content (AvgIpc) is 3.14. The second-order valence-corrected chi connectivity index (χ2v) is 14.3. The van der Waals surface area contributed by atoms with E-state index in [0.29, 0.717) is 33.9 Å². The fraction of sp³-hybridized carbons (Fsp3) is 0.176. The monoisotopic (exact) mass is 778 g/mol. The van der Waals surface area contributed by atoms with Crippen LogP contribution in [-0.4, -0.2) is 87.3 Å². The minimum Gasteiger partial charge on any atom is -0.351 e. The molecule has 4 aromatic rings. The van der Waals surface area contributed by atoms with Gasteiger partial charge in [-0.15, -0.1) is 0 Å². The molecule has 0 spiro atoms. The number of amides is 4. The Kier molecular flexibility index (Phi) is 14.3. The van der Waals surface area contributed by atoms with Crippen molar-refractivity contribution < 1.29 is 45.1 Å². The first-order valence-electron chi connectivity index (χ1n) is 15.9. The molecule has 0 saturated carbocycles. The van der Waals surface area contributed by atoms with Crippen LogP contribution in [0, 0.1) is 0 Å². The summed E-state index contributed by atoms with van der Waals surface area (Å²) in [7, 11) is -8.36. The van der Waals surface area contributed by atoms with Gasteiger partial charge in [0.15, 0.2) is 0 Å². The molecule has 0 unspecified atom stereocenters. The third-order valence-corrected chi connectivity index (χ3v) is 8.51. The van der Waals surface area contributed by atoms with Crippen molar-refractivity contribution >= 4 is 66.6 Å². The molecule has 4 rings (SSSR count). The van der Waals surface area contributed by atoms with Crippen LogP contribution in [0.15, 0.2) is 118 Å². The number of nitrogens with zero attached hydrogens (tertiary/aromatic N) is 4. The third-order valence-electron chi connectivity index (χ3n) is 7.07. The summed E-state index contributed by atoms with van der Waals surface area (Å²) in [6.45, 7) is -0.145. The quantitative estimate of drug-likeness (QED) is 0.0511. The molecule has 18 nitrogen and oxygen atoms in total. The molecule has 282 valence electrons. The Labute approximate surface area is 309 Å². The van der Waals surface area contributed by atoms with Crippen LogP contribution in [0.25, 0.3) is 0 Å². The molecule has 6 N–H and O–H groups in total. The Morgan fingerprint density at radius 3 is 0.796 bits per heavy atom. The highest BCUT2D eigenvalue weighted by Gasteiger charge is 2.11. The van der Waals surface area contributed by atoms with E-state index in [1.165, 1.54) is 24.3 Å². The van der Waals surface area contributed by atoms with E-state index in [-0.39, 0.29) is 49.1 Å². The minimum atomic E-state index is -4.18. The topological polar surface area (TPSA) is 275 Å². The summed E-state index contributed by atoms with van der Waals surface area (Å²) >= 11 is 0. The van der Waals surface area contributed by atoms with Gasteiger partial charge in [-0.25, -0.2) is 0 Å². The van der Waals surface area contributed by atoms with Crippen molar-refractivity contribution in [3.63, 3.8) is 0 Å². The lowest BCUT2D eigenvalue weighted by Crippen LogP contribution is -2.34. The highest BCUT2D eigenvalue weighted by Crippen LogP contribution is 2.21. The molecule has 0 aliphatic rings. The zero-order chi connectivity index (χ0) is 39.1. The maximum absolute atomic E-state index is 12.6. The third kappa shape index (κ3) is 14.1. The van der Waals surface area contributed by atoms with Crippen molar-refractivity contribution in [1.29, 1.82) is 0 Å². The number of hydrogen-bond donors (Lipinski definition) is 6. The summed E-state index contributed by atoms with van der Waals surface area (Å²) in [5.41, 5.74) is 3.09. The van der Waals surface area contributed by atoms with Crippen molar-refractivity contribution in [1.82, 2.24) is 21.3 Å². The fourth-order valence-corrected chi connectivity index (χ4v) is 5.02. The summed E-state index contributed by atoms with van der Waals surface area (Å²) < 4.78 is 60.5. The Balaban J connectivity index is 1.16. The number of nitrogens with one attached hydrogen (secondary N) is 4. The van der Waals surface area contributed by atoms with Gasteiger partial charge in [0.1, 0.15) is 0 Å². The van der Waals surface area contributed by atoms with Gasteiger partial charge >= 0.3 is 0 Å². The standard InChI is InChI=1S/C34H34N8O10S2/c43-31(23-1-9-27(10-2-23)39-41-29-13-5-25(6-14-29)33(45)37-19-21-53(47,48)49)35-17-18-36-32(44)24-3-11-28(12-4-24)40-42-30-15-7-26(8-16-30)34(46)38-20-22-54(50,51)52/h1-16H,17-22H2,(H,35,43)(H,36,44)(H,37,45)(H,38,46)(H,47,48,49)(H,50,51,52)/b41-39+,42-40+. The van der Waals surface area contributed by atoms with Crippen LogP contribution >= 0.6 is 0 Å². The Morgan fingerprint density at radius 1 is 0.389 bits per heavy atom. The number of carbonyl (C=O) groups excluding carboxylic acids is 4. The predicted octanol–water partition coefficient (Wildman–Crippen LogP) is 3.91. The van der Waals surface area contributed by atoms with E-state index in [1.807, 2.05) is 0 Å². The highest BCUT2D eigenvalue weighted by molar-refractivity contribution is 7.86. The molecule has 0 radical (unpaired) electrons. The van der Waals surface area contributed by atoms with Crippen LogP contribution in [0.4, 0.5) is 22.7 Å². The molecule has 4 aromatic carbocycles. The van der Waals surface area contributed by atoms with E-state index in [4.69, 9.17) is 9.11 Å². The fourth-order valence-electron chi connectivity index (χ4n) is 4.30. The van der Waals surface area contributed by atoms with Crippen molar-refractivity contribution in [3.8, 4) is 0 Å². The van der Waals surface area contributed by atoms with Crippen molar-refractivity contribution in [2.24, 2.45) is 20.5 Å². The molecule has 20 heteroatoms. The van der Waals surface area contributed by atoms with E-state index >= 15 is 0 Å². The van der Waals surface area contributed by atoms with Crippen LogP contribution in [0.1, 0.15) is 41.4 Å². The summed E-state index contributed by atoms with van der Waals surface area (Å²) in [6, 6.07) is 24.8. The summed E-state index contributed by atoms with van der Waals surface area (Å²) in [4.78, 5) is 49.3. The molecule has 0 aromatic heterocycles. The van der Waals surface area contributed by atoms with E-state index in [2.05, 4.69) is 41.7 Å². The Hall–Kier alpha value is -6.22. The molecule has 0 aliphatic carbocycles. The lowest BCUT2D eigenvalue weighted by atomic mass is 10.2. The van der Waals surface area contributed by atoms with Crippen LogP contribution < -0.4 is 21.3 Å². The summed E-state index contributed by atoms with van der Waals surface area (Å²) in [6.07, 6.45) is 0. The minimum absolute atomic E-state index is 0.165. The van der Waals surface area contributed by atoms with Gasteiger partial charge < -0.3 is 21.3 Å². The summed E-state index contributed by atoms with van der Waals surface area (Å²) in [5.74, 6) is -2.94. The van der Waals surface area contributed by atoms with E-state index < -0.39 is 43.6 Å². The average molecular weight is 779 g/mol. The van der Waals surface area contributed by atoms with Gasteiger partial charge in [0, 0.05) is 48.4 Å². The molecule has 0 bridgehead atoms. The first kappa shape index (κ1) is 40.5. The number of rotatable bonds is 17. The van der Waals surface area contributed by atoms with E-state index in [1.54, 1.807) is 72.8 Å². The van der Waals surface area contributed by atoms with Gasteiger partial charge in [0.25, 0.3) is 43.9 Å². The van der Waals surface area contributed by atoms with Gasteiger partial charge in [-0.2, -0.15) is 37.3 Å². The SMILES string of the molecule is O=C(NCCNC(=O)c1ccc(/N=N/c2ccc(C(=O)NCCS(=O)(=O)O)cc2)cc1)c1ccc(/N=N/c2ccc(C(=O)NCCS(=O)(=O)O)cc2)cc1. The van der Waals surface area contributed by atoms with Gasteiger partial charge in [-0.1, -0.05) is 0 Å². The Bertz CT molecular complexity index is 2070. The number of carbonyl (C=O) groups is 4. The lowest BCUT2D eigenvalue weighted by Gasteiger charge is -2.08. The molecule has 0 atom stereocenters. The number of benzene rings is 4. The smallest absolute Gasteiger partial charge is 0.266 e. The molecule has 4 amide bonds. The van der Waals surface area contributed by atoms with Crippen LogP contribution in [-0.2, 0) is 20.2 Å². The van der Waals surface area contributed by atoms with Gasteiger partial charge in [-0.3, -0.25) is 28.3 Å². The van der Waals surface area contributed by atoms with Gasteiger partial charge in [0.2, 0.25) is 0 Å². The van der Waals surface area contributed by atoms with Gasteiger partial charge in [-0.05, 0) is 97.1 Å². The second-order valence-electron chi connectivity index (χ2n) is 11.2. The lowest BCUT2D eigenvalue weighted by molar-refractivity contribution is 0.0927. The first-order valence-corrected chi connectivity index (χ1v) is 19.1. The van der Waals surface area contributed by atoms with Crippen molar-refractivity contribution in [2.45, 2.75) is 0 Å². The molecule has 0 saturated heterocycles. The maximum atomic E-state index is 12.6. The second kappa shape index (κ2) is 19.0. The largest absolute Gasteiger partial charge is 0.351 e. The molecular formula is C34H34N8O10S2. The van der Waals surface area contributed by atoms with Crippen LogP contribution in [0.3, 0.4) is 0 Å². The molecule has 54 heavy (non-hydrogen) atoms. The summed E-state index contributed by atoms with van der Waals surface area (Å²) in [5, 5.41) is 26.6. The highest BCUT2D eigenvalue weighted by atomic mass is 32.2. The normalized spacial score (nSPS) is 11.7. The number of hydrogen-bond acceptors (Lipinski definition) is 12. The zero-order valence-corrected chi connectivity index (χ0v) is 29.9. The van der Waals surface area contributed by atoms with Crippen molar-refractivity contribution in [3.05, 3.63) is 119 Å². The van der Waals surface area contributed by atoms with E-state index in [9.17, 15) is 36.0 Å². The van der Waals surface area contributed by atoms with Crippen LogP contribution in [0.2, 0.25) is 0 Å². The first-order chi connectivity index (χ1) is 25.6. The van der Waals surface area contributed by atoms with Crippen molar-refractivity contribution in [2.75, 3.05) is 37.7 Å². The number of azo groups is 2. The molecule has 0 aliphatic heterocycles. The molecule has 0 heterocycles. The Morgan fingerprint density at radius 2 is 0.593 bits per heavy atom. The van der Waals surface area contributed by atoms with E-state index in [0.717, 1.165) is 0 Å².